The number of nitrogens with zero attached hydrogens (tertiary/aromatic N) is 1. The van der Waals surface area contributed by atoms with E-state index >= 15 is 0 Å². The molecule has 1 fully saturated rings. The fourth-order valence-corrected chi connectivity index (χ4v) is 2.75. The number of carbonyl (C=O) groups is 3. The standard InChI is InChI=1S/C17H22N2O3/c1-12(20)14-7-9-16(10-8-14)19(13(2)21)11-17(22)18-15-5-3-4-6-15/h7-10,15H,3-6,11H2,1-2H3,(H,18,22). The van der Waals surface area contributed by atoms with Crippen LogP contribution in [0, 0.1) is 0 Å². The predicted octanol–water partition coefficient (Wildman–Crippen LogP) is 2.30. The van der Waals surface area contributed by atoms with Gasteiger partial charge in [-0.05, 0) is 44.0 Å². The van der Waals surface area contributed by atoms with Crippen molar-refractivity contribution < 1.29 is 14.4 Å². The van der Waals surface area contributed by atoms with Crippen molar-refractivity contribution in [1.29, 1.82) is 0 Å². The average Bonchev–Trinajstić information content (AvgIpc) is 2.97. The van der Waals surface area contributed by atoms with E-state index < -0.39 is 0 Å². The highest BCUT2D eigenvalue weighted by atomic mass is 16.2. The molecule has 0 unspecified atom stereocenters. The van der Waals surface area contributed by atoms with Gasteiger partial charge in [-0.1, -0.05) is 12.8 Å². The Balaban J connectivity index is 2.04. The van der Waals surface area contributed by atoms with E-state index in [1.54, 1.807) is 24.3 Å². The van der Waals surface area contributed by atoms with Crippen molar-refractivity contribution in [2.45, 2.75) is 45.6 Å². The van der Waals surface area contributed by atoms with Crippen LogP contribution in [-0.2, 0) is 9.59 Å². The van der Waals surface area contributed by atoms with Crippen molar-refractivity contribution in [3.05, 3.63) is 29.8 Å². The van der Waals surface area contributed by atoms with Crippen LogP contribution in [0.2, 0.25) is 0 Å². The van der Waals surface area contributed by atoms with E-state index in [9.17, 15) is 14.4 Å². The molecule has 0 radical (unpaired) electrons. The summed E-state index contributed by atoms with van der Waals surface area (Å²) in [5.74, 6) is -0.366. The summed E-state index contributed by atoms with van der Waals surface area (Å²) >= 11 is 0. The van der Waals surface area contributed by atoms with Crippen LogP contribution in [0.5, 0.6) is 0 Å². The van der Waals surface area contributed by atoms with Gasteiger partial charge >= 0.3 is 0 Å². The number of hydrogen-bond donors (Lipinski definition) is 1. The molecule has 0 atom stereocenters. The highest BCUT2D eigenvalue weighted by Crippen LogP contribution is 2.18. The van der Waals surface area contributed by atoms with Gasteiger partial charge in [-0.3, -0.25) is 14.4 Å². The summed E-state index contributed by atoms with van der Waals surface area (Å²) in [5.41, 5.74) is 1.21. The van der Waals surface area contributed by atoms with Gasteiger partial charge in [0.1, 0.15) is 6.54 Å². The Bertz CT molecular complexity index is 560. The number of hydrogen-bond acceptors (Lipinski definition) is 3. The largest absolute Gasteiger partial charge is 0.352 e. The Hall–Kier alpha value is -2.17. The molecule has 0 aliphatic heterocycles. The van der Waals surface area contributed by atoms with Crippen LogP contribution >= 0.6 is 0 Å². The maximum absolute atomic E-state index is 12.1. The van der Waals surface area contributed by atoms with Crippen molar-refractivity contribution >= 4 is 23.3 Å². The van der Waals surface area contributed by atoms with E-state index in [2.05, 4.69) is 5.32 Å². The summed E-state index contributed by atoms with van der Waals surface area (Å²) in [6.45, 7) is 2.93. The number of carbonyl (C=O) groups excluding carboxylic acids is 3. The Morgan fingerprint density at radius 1 is 1.09 bits per heavy atom. The van der Waals surface area contributed by atoms with Crippen LogP contribution in [0.1, 0.15) is 49.9 Å². The van der Waals surface area contributed by atoms with Crippen molar-refractivity contribution in [3.8, 4) is 0 Å². The summed E-state index contributed by atoms with van der Waals surface area (Å²) in [6.07, 6.45) is 4.32. The van der Waals surface area contributed by atoms with Crippen LogP contribution in [-0.4, -0.2) is 30.2 Å². The van der Waals surface area contributed by atoms with Gasteiger partial charge in [0, 0.05) is 24.2 Å². The average molecular weight is 302 g/mol. The third-order valence-corrected chi connectivity index (χ3v) is 3.99. The second-order valence-electron chi connectivity index (χ2n) is 5.76. The van der Waals surface area contributed by atoms with Gasteiger partial charge in [-0.25, -0.2) is 0 Å². The number of nitrogens with one attached hydrogen (secondary N) is 1. The van der Waals surface area contributed by atoms with E-state index in [1.807, 2.05) is 0 Å². The third-order valence-electron chi connectivity index (χ3n) is 3.99. The molecule has 5 nitrogen and oxygen atoms in total. The molecule has 1 N–H and O–H groups in total. The molecule has 2 rings (SSSR count). The summed E-state index contributed by atoms with van der Waals surface area (Å²) < 4.78 is 0. The topological polar surface area (TPSA) is 66.5 Å². The molecule has 1 aromatic rings. The minimum absolute atomic E-state index is 0.00521. The zero-order chi connectivity index (χ0) is 16.1. The van der Waals surface area contributed by atoms with E-state index in [0.717, 1.165) is 25.7 Å². The number of rotatable bonds is 5. The third kappa shape index (κ3) is 4.16. The van der Waals surface area contributed by atoms with E-state index in [1.165, 1.54) is 18.7 Å². The van der Waals surface area contributed by atoms with Crippen LogP contribution in [0.15, 0.2) is 24.3 Å². The molecule has 118 valence electrons. The number of ketones is 1. The van der Waals surface area contributed by atoms with Crippen LogP contribution in [0.25, 0.3) is 0 Å². The molecule has 2 amide bonds. The number of Topliss-reactive ketones (excluding diaryl/α,β-unsaturated/α-hetero) is 1. The second kappa shape index (κ2) is 7.20. The molecule has 0 heterocycles. The predicted molar refractivity (Wildman–Crippen MR) is 84.9 cm³/mol. The number of amides is 2. The first-order chi connectivity index (χ1) is 10.5. The first kappa shape index (κ1) is 16.2. The molecule has 22 heavy (non-hydrogen) atoms. The molecule has 0 aromatic heterocycles. The molecule has 1 aliphatic rings. The number of benzene rings is 1. The van der Waals surface area contributed by atoms with E-state index in [-0.39, 0.29) is 30.2 Å². The van der Waals surface area contributed by atoms with Crippen LogP contribution in [0.3, 0.4) is 0 Å². The Morgan fingerprint density at radius 3 is 2.18 bits per heavy atom. The van der Waals surface area contributed by atoms with Crippen LogP contribution < -0.4 is 10.2 Å². The van der Waals surface area contributed by atoms with Crippen molar-refractivity contribution in [2.24, 2.45) is 0 Å². The Kier molecular flexibility index (Phi) is 5.31. The van der Waals surface area contributed by atoms with Gasteiger partial charge in [0.25, 0.3) is 0 Å². The van der Waals surface area contributed by atoms with Crippen LogP contribution in [0.4, 0.5) is 5.69 Å². The van der Waals surface area contributed by atoms with Gasteiger partial charge in [0.15, 0.2) is 5.78 Å². The zero-order valence-corrected chi connectivity index (χ0v) is 13.1. The molecule has 1 aromatic carbocycles. The highest BCUT2D eigenvalue weighted by Gasteiger charge is 2.20. The molecule has 1 aliphatic carbocycles. The molecular weight excluding hydrogens is 280 g/mol. The maximum Gasteiger partial charge on any atom is 0.240 e. The second-order valence-corrected chi connectivity index (χ2v) is 5.76. The van der Waals surface area contributed by atoms with E-state index in [4.69, 9.17) is 0 Å². The SMILES string of the molecule is CC(=O)c1ccc(N(CC(=O)NC2CCCC2)C(C)=O)cc1. The van der Waals surface area contributed by atoms with Crippen molar-refractivity contribution in [1.82, 2.24) is 5.32 Å². The Morgan fingerprint density at radius 2 is 1.68 bits per heavy atom. The van der Waals surface area contributed by atoms with Gasteiger partial charge in [-0.2, -0.15) is 0 Å². The lowest BCUT2D eigenvalue weighted by Crippen LogP contribution is -2.43. The smallest absolute Gasteiger partial charge is 0.240 e. The van der Waals surface area contributed by atoms with Gasteiger partial charge < -0.3 is 10.2 Å². The molecule has 0 saturated heterocycles. The highest BCUT2D eigenvalue weighted by molar-refractivity contribution is 5.98. The summed E-state index contributed by atoms with van der Waals surface area (Å²) in [6, 6.07) is 6.97. The first-order valence-electron chi connectivity index (χ1n) is 7.66. The monoisotopic (exact) mass is 302 g/mol. The Labute approximate surface area is 130 Å². The van der Waals surface area contributed by atoms with Crippen molar-refractivity contribution in [3.63, 3.8) is 0 Å². The minimum Gasteiger partial charge on any atom is -0.352 e. The minimum atomic E-state index is -0.197. The van der Waals surface area contributed by atoms with E-state index in [0.29, 0.717) is 11.3 Å². The summed E-state index contributed by atoms with van der Waals surface area (Å²) in [7, 11) is 0. The molecular formula is C17H22N2O3. The van der Waals surface area contributed by atoms with Gasteiger partial charge in [0.2, 0.25) is 11.8 Å². The number of anilines is 1. The van der Waals surface area contributed by atoms with Crippen molar-refractivity contribution in [2.75, 3.05) is 11.4 Å². The summed E-state index contributed by atoms with van der Waals surface area (Å²) in [4.78, 5) is 36.6. The lowest BCUT2D eigenvalue weighted by molar-refractivity contribution is -0.123. The quantitative estimate of drug-likeness (QED) is 0.849. The zero-order valence-electron chi connectivity index (χ0n) is 13.1. The van der Waals surface area contributed by atoms with Gasteiger partial charge in [0.05, 0.1) is 0 Å². The summed E-state index contributed by atoms with van der Waals surface area (Å²) in [5, 5.41) is 2.98. The molecule has 1 saturated carbocycles. The molecule has 0 spiro atoms. The maximum atomic E-state index is 12.1. The lowest BCUT2D eigenvalue weighted by Gasteiger charge is -2.22. The normalized spacial score (nSPS) is 14.6. The molecule has 0 bridgehead atoms. The fourth-order valence-electron chi connectivity index (χ4n) is 2.75. The first-order valence-corrected chi connectivity index (χ1v) is 7.66. The molecule has 5 heteroatoms. The fraction of sp³-hybridized carbons (Fsp3) is 0.471. The lowest BCUT2D eigenvalue weighted by atomic mass is 10.1. The van der Waals surface area contributed by atoms with Gasteiger partial charge in [-0.15, -0.1) is 0 Å².